The van der Waals surface area contributed by atoms with Crippen molar-refractivity contribution in [1.82, 2.24) is 15.2 Å². The van der Waals surface area contributed by atoms with Gasteiger partial charge in [-0.05, 0) is 25.8 Å². The average Bonchev–Trinajstić information content (AvgIpc) is 2.90. The van der Waals surface area contributed by atoms with E-state index in [2.05, 4.69) is 15.3 Å². The van der Waals surface area contributed by atoms with Crippen molar-refractivity contribution >= 4 is 17.2 Å². The fourth-order valence-electron chi connectivity index (χ4n) is 2.42. The SMILES string of the molecule is CC1=NN(CCO)C(=O)C1=C(CCO)c1c(C)n[nH]c1O. The molecule has 0 spiro atoms. The second-order valence-electron chi connectivity index (χ2n) is 4.70. The molecule has 2 heterocycles. The van der Waals surface area contributed by atoms with Crippen LogP contribution in [-0.4, -0.2) is 61.9 Å². The van der Waals surface area contributed by atoms with Crippen LogP contribution in [0.15, 0.2) is 10.7 Å². The summed E-state index contributed by atoms with van der Waals surface area (Å²) in [6, 6.07) is 0. The van der Waals surface area contributed by atoms with E-state index in [1.165, 1.54) is 5.01 Å². The van der Waals surface area contributed by atoms with Gasteiger partial charge >= 0.3 is 0 Å². The molecular formula is C13H18N4O4. The first kappa shape index (κ1) is 15.2. The number of β-amino-alcohol motifs (C(OH)–C–C–N with tert-alkyl or cyclic N) is 1. The van der Waals surface area contributed by atoms with Gasteiger partial charge in [0.2, 0.25) is 5.88 Å². The molecule has 0 bridgehead atoms. The monoisotopic (exact) mass is 294 g/mol. The molecule has 0 saturated heterocycles. The molecule has 4 N–H and O–H groups in total. The molecule has 1 aromatic heterocycles. The minimum atomic E-state index is -0.356. The number of nitrogens with one attached hydrogen (secondary N) is 1. The van der Waals surface area contributed by atoms with Gasteiger partial charge in [-0.25, -0.2) is 10.1 Å². The highest BCUT2D eigenvalue weighted by Gasteiger charge is 2.32. The Morgan fingerprint density at radius 2 is 2.00 bits per heavy atom. The number of hydrogen-bond donors (Lipinski definition) is 4. The fourth-order valence-corrected chi connectivity index (χ4v) is 2.42. The van der Waals surface area contributed by atoms with E-state index in [0.717, 1.165) is 0 Å². The normalized spacial score (nSPS) is 17.4. The Bertz CT molecular complexity index is 598. The van der Waals surface area contributed by atoms with E-state index in [1.807, 2.05) is 0 Å². The lowest BCUT2D eigenvalue weighted by molar-refractivity contribution is -0.126. The van der Waals surface area contributed by atoms with Crippen LogP contribution in [0.3, 0.4) is 0 Å². The van der Waals surface area contributed by atoms with Gasteiger partial charge in [0, 0.05) is 6.61 Å². The topological polar surface area (TPSA) is 122 Å². The number of aromatic hydroxyl groups is 1. The zero-order chi connectivity index (χ0) is 15.6. The van der Waals surface area contributed by atoms with Gasteiger partial charge in [-0.2, -0.15) is 10.2 Å². The Morgan fingerprint density at radius 1 is 1.29 bits per heavy atom. The Balaban J connectivity index is 2.56. The number of H-pyrrole nitrogens is 1. The van der Waals surface area contributed by atoms with E-state index in [9.17, 15) is 15.0 Å². The smallest absolute Gasteiger partial charge is 0.276 e. The van der Waals surface area contributed by atoms with Crippen LogP contribution in [0, 0.1) is 6.92 Å². The number of nitrogens with zero attached hydrogens (tertiary/aromatic N) is 3. The number of aryl methyl sites for hydroxylation is 1. The Kier molecular flexibility index (Phi) is 4.39. The van der Waals surface area contributed by atoms with Gasteiger partial charge in [-0.15, -0.1) is 0 Å². The quantitative estimate of drug-likeness (QED) is 0.559. The molecule has 0 aromatic carbocycles. The third-order valence-corrected chi connectivity index (χ3v) is 3.29. The van der Waals surface area contributed by atoms with Gasteiger partial charge in [0.05, 0.1) is 35.7 Å². The predicted molar refractivity (Wildman–Crippen MR) is 75.5 cm³/mol. The summed E-state index contributed by atoms with van der Waals surface area (Å²) in [4.78, 5) is 12.4. The van der Waals surface area contributed by atoms with Crippen LogP contribution in [-0.2, 0) is 4.79 Å². The van der Waals surface area contributed by atoms with E-state index < -0.39 is 0 Å². The lowest BCUT2D eigenvalue weighted by atomic mass is 9.94. The maximum Gasteiger partial charge on any atom is 0.276 e. The Hall–Kier alpha value is -2.19. The number of carbonyl (C=O) groups is 1. The second kappa shape index (κ2) is 6.06. The fraction of sp³-hybridized carbons (Fsp3) is 0.462. The van der Waals surface area contributed by atoms with Crippen LogP contribution in [0.1, 0.15) is 24.6 Å². The van der Waals surface area contributed by atoms with Gasteiger partial charge in [0.25, 0.3) is 5.91 Å². The molecule has 8 heteroatoms. The molecule has 114 valence electrons. The summed E-state index contributed by atoms with van der Waals surface area (Å²) in [7, 11) is 0. The zero-order valence-electron chi connectivity index (χ0n) is 11.9. The number of rotatable bonds is 5. The first-order chi connectivity index (χ1) is 10.0. The highest BCUT2D eigenvalue weighted by Crippen LogP contribution is 2.33. The van der Waals surface area contributed by atoms with Gasteiger partial charge < -0.3 is 15.3 Å². The minimum Gasteiger partial charge on any atom is -0.493 e. The van der Waals surface area contributed by atoms with E-state index >= 15 is 0 Å². The summed E-state index contributed by atoms with van der Waals surface area (Å²) in [6.45, 7) is 3.10. The van der Waals surface area contributed by atoms with Crippen LogP contribution < -0.4 is 0 Å². The third kappa shape index (κ3) is 2.67. The van der Waals surface area contributed by atoms with E-state index in [4.69, 9.17) is 5.11 Å². The molecule has 1 amide bonds. The highest BCUT2D eigenvalue weighted by atomic mass is 16.3. The molecule has 1 aromatic rings. The number of aromatic nitrogens is 2. The molecular weight excluding hydrogens is 276 g/mol. The molecule has 0 atom stereocenters. The molecule has 0 radical (unpaired) electrons. The third-order valence-electron chi connectivity index (χ3n) is 3.29. The Morgan fingerprint density at radius 3 is 2.52 bits per heavy atom. The van der Waals surface area contributed by atoms with Gasteiger partial charge in [0.15, 0.2) is 0 Å². The first-order valence-corrected chi connectivity index (χ1v) is 6.57. The Labute approximate surface area is 121 Å². The standard InChI is InChI=1S/C13H18N4O4/c1-7-10(12(20)15-14-7)9(3-5-18)11-8(2)16-17(4-6-19)13(11)21/h18-19H,3-6H2,1-2H3,(H2,14,15,20). The van der Waals surface area contributed by atoms with Crippen molar-refractivity contribution in [3.05, 3.63) is 16.8 Å². The van der Waals surface area contributed by atoms with Gasteiger partial charge in [0.1, 0.15) is 0 Å². The molecule has 1 aliphatic rings. The summed E-state index contributed by atoms with van der Waals surface area (Å²) >= 11 is 0. The number of hydrogen-bond acceptors (Lipinski definition) is 6. The molecule has 0 aliphatic carbocycles. The molecule has 1 aliphatic heterocycles. The second-order valence-corrected chi connectivity index (χ2v) is 4.70. The largest absolute Gasteiger partial charge is 0.493 e. The summed E-state index contributed by atoms with van der Waals surface area (Å²) in [5, 5.41) is 39.7. The molecule has 8 nitrogen and oxygen atoms in total. The summed E-state index contributed by atoms with van der Waals surface area (Å²) in [5.74, 6) is -0.505. The van der Waals surface area contributed by atoms with Crippen LogP contribution >= 0.6 is 0 Å². The number of carbonyl (C=O) groups excluding carboxylic acids is 1. The van der Waals surface area contributed by atoms with Crippen molar-refractivity contribution in [2.45, 2.75) is 20.3 Å². The average molecular weight is 294 g/mol. The van der Waals surface area contributed by atoms with Crippen molar-refractivity contribution in [1.29, 1.82) is 0 Å². The maximum atomic E-state index is 12.4. The van der Waals surface area contributed by atoms with Crippen LogP contribution in [0.25, 0.3) is 5.57 Å². The molecule has 0 unspecified atom stereocenters. The summed E-state index contributed by atoms with van der Waals surface area (Å²) in [5.41, 5.74) is 2.25. The lowest BCUT2D eigenvalue weighted by Crippen LogP contribution is -2.25. The van der Waals surface area contributed by atoms with Crippen LogP contribution in [0.4, 0.5) is 0 Å². The van der Waals surface area contributed by atoms with E-state index in [0.29, 0.717) is 28.1 Å². The maximum absolute atomic E-state index is 12.4. The molecule has 0 fully saturated rings. The molecule has 21 heavy (non-hydrogen) atoms. The van der Waals surface area contributed by atoms with E-state index in [1.54, 1.807) is 13.8 Å². The van der Waals surface area contributed by atoms with Crippen molar-refractivity contribution < 1.29 is 20.1 Å². The number of amides is 1. The van der Waals surface area contributed by atoms with Crippen LogP contribution in [0.5, 0.6) is 5.88 Å². The van der Waals surface area contributed by atoms with Crippen molar-refractivity contribution in [3.63, 3.8) is 0 Å². The van der Waals surface area contributed by atoms with Gasteiger partial charge in [-0.1, -0.05) is 0 Å². The number of aromatic amines is 1. The predicted octanol–water partition coefficient (Wildman–Crippen LogP) is -0.230. The summed E-state index contributed by atoms with van der Waals surface area (Å²) in [6.07, 6.45) is 0.189. The number of aliphatic hydroxyl groups excluding tert-OH is 2. The highest BCUT2D eigenvalue weighted by molar-refractivity contribution is 6.28. The molecule has 2 rings (SSSR count). The van der Waals surface area contributed by atoms with Crippen molar-refractivity contribution in [2.75, 3.05) is 19.8 Å². The van der Waals surface area contributed by atoms with E-state index in [-0.39, 0.29) is 38.0 Å². The lowest BCUT2D eigenvalue weighted by Gasteiger charge is -2.12. The zero-order valence-corrected chi connectivity index (χ0v) is 11.9. The van der Waals surface area contributed by atoms with Crippen LogP contribution in [0.2, 0.25) is 0 Å². The minimum absolute atomic E-state index is 0.0996. The summed E-state index contributed by atoms with van der Waals surface area (Å²) < 4.78 is 0. The van der Waals surface area contributed by atoms with Crippen molar-refractivity contribution in [3.8, 4) is 5.88 Å². The number of hydrazone groups is 1. The van der Waals surface area contributed by atoms with Crippen molar-refractivity contribution in [2.24, 2.45) is 5.10 Å². The van der Waals surface area contributed by atoms with Gasteiger partial charge in [-0.3, -0.25) is 4.79 Å². The number of aliphatic hydroxyl groups is 2. The molecule has 0 saturated carbocycles. The first-order valence-electron chi connectivity index (χ1n) is 6.57.